The summed E-state index contributed by atoms with van der Waals surface area (Å²) in [5, 5.41) is 10.5. The van der Waals surface area contributed by atoms with Crippen LogP contribution in [0, 0.1) is 10.1 Å². The SMILES string of the molecule is O=[N+]([O-])c1cc2nsnc2cc1Br. The van der Waals surface area contributed by atoms with E-state index in [0.29, 0.717) is 15.5 Å². The molecule has 0 aliphatic carbocycles. The summed E-state index contributed by atoms with van der Waals surface area (Å²) in [5.41, 5.74) is 1.24. The number of rotatable bonds is 1. The van der Waals surface area contributed by atoms with E-state index >= 15 is 0 Å². The van der Waals surface area contributed by atoms with Gasteiger partial charge in [-0.15, -0.1) is 0 Å². The second-order valence-electron chi connectivity index (χ2n) is 2.31. The fourth-order valence-electron chi connectivity index (χ4n) is 0.935. The maximum absolute atomic E-state index is 10.5. The Bertz CT molecular complexity index is 484. The number of benzene rings is 1. The second-order valence-corrected chi connectivity index (χ2v) is 3.70. The van der Waals surface area contributed by atoms with Gasteiger partial charge in [-0.3, -0.25) is 10.1 Å². The van der Waals surface area contributed by atoms with Crippen LogP contribution in [0.15, 0.2) is 16.6 Å². The lowest BCUT2D eigenvalue weighted by Gasteiger charge is -1.93. The summed E-state index contributed by atoms with van der Waals surface area (Å²) in [6.45, 7) is 0. The molecule has 0 aliphatic heterocycles. The molecule has 0 radical (unpaired) electrons. The van der Waals surface area contributed by atoms with E-state index in [1.54, 1.807) is 6.07 Å². The minimum Gasteiger partial charge on any atom is -0.258 e. The zero-order chi connectivity index (χ0) is 9.42. The quantitative estimate of drug-likeness (QED) is 0.583. The average molecular weight is 260 g/mol. The molecule has 1 aromatic heterocycles. The molecular formula is C6H2BrN3O2S. The van der Waals surface area contributed by atoms with Gasteiger partial charge in [-0.1, -0.05) is 0 Å². The third-order valence-electron chi connectivity index (χ3n) is 1.52. The van der Waals surface area contributed by atoms with Gasteiger partial charge >= 0.3 is 0 Å². The first-order valence-corrected chi connectivity index (χ1v) is 4.77. The Morgan fingerprint density at radius 3 is 2.62 bits per heavy atom. The molecule has 0 N–H and O–H groups in total. The molecule has 0 atom stereocenters. The average Bonchev–Trinajstić information content (AvgIpc) is 2.48. The first-order chi connectivity index (χ1) is 6.18. The van der Waals surface area contributed by atoms with Crippen LogP contribution in [0.3, 0.4) is 0 Å². The van der Waals surface area contributed by atoms with Gasteiger partial charge in [-0.2, -0.15) is 8.75 Å². The molecule has 5 nitrogen and oxygen atoms in total. The molecule has 2 aromatic rings. The molecule has 0 spiro atoms. The number of nitro benzene ring substituents is 1. The van der Waals surface area contributed by atoms with Crippen molar-refractivity contribution in [1.82, 2.24) is 8.75 Å². The number of nitrogens with zero attached hydrogens (tertiary/aromatic N) is 3. The van der Waals surface area contributed by atoms with Gasteiger partial charge in [0, 0.05) is 6.07 Å². The standard InChI is InChI=1S/C6H2BrN3O2S/c7-3-1-4-5(9-13-8-4)2-6(3)10(11)12/h1-2H. The van der Waals surface area contributed by atoms with Crippen LogP contribution in [0.4, 0.5) is 5.69 Å². The van der Waals surface area contributed by atoms with E-state index in [-0.39, 0.29) is 5.69 Å². The number of nitro groups is 1. The normalized spacial score (nSPS) is 10.5. The summed E-state index contributed by atoms with van der Waals surface area (Å²) in [4.78, 5) is 10.1. The fraction of sp³-hybridized carbons (Fsp3) is 0. The van der Waals surface area contributed by atoms with E-state index in [2.05, 4.69) is 24.7 Å². The number of halogens is 1. The molecule has 0 aliphatic rings. The Labute approximate surface area is 85.0 Å². The highest BCUT2D eigenvalue weighted by atomic mass is 79.9. The molecule has 0 bridgehead atoms. The van der Waals surface area contributed by atoms with Crippen LogP contribution in [-0.2, 0) is 0 Å². The molecule has 0 unspecified atom stereocenters. The lowest BCUT2D eigenvalue weighted by Crippen LogP contribution is -1.88. The van der Waals surface area contributed by atoms with Gasteiger partial charge in [-0.05, 0) is 22.0 Å². The van der Waals surface area contributed by atoms with Gasteiger partial charge < -0.3 is 0 Å². The Hall–Kier alpha value is -1.08. The lowest BCUT2D eigenvalue weighted by atomic mass is 10.3. The van der Waals surface area contributed by atoms with Gasteiger partial charge in [-0.25, -0.2) is 0 Å². The Kier molecular flexibility index (Phi) is 1.97. The topological polar surface area (TPSA) is 68.9 Å². The van der Waals surface area contributed by atoms with Crippen LogP contribution in [-0.4, -0.2) is 13.7 Å². The molecule has 13 heavy (non-hydrogen) atoms. The van der Waals surface area contributed by atoms with Crippen molar-refractivity contribution < 1.29 is 4.92 Å². The molecule has 0 saturated heterocycles. The first-order valence-electron chi connectivity index (χ1n) is 3.24. The summed E-state index contributed by atoms with van der Waals surface area (Å²) in [7, 11) is 0. The minimum absolute atomic E-state index is 0.0141. The van der Waals surface area contributed by atoms with Crippen molar-refractivity contribution in [2.24, 2.45) is 0 Å². The highest BCUT2D eigenvalue weighted by molar-refractivity contribution is 9.10. The Morgan fingerprint density at radius 1 is 1.38 bits per heavy atom. The summed E-state index contributed by atoms with van der Waals surface area (Å²) < 4.78 is 8.29. The molecule has 0 saturated carbocycles. The molecule has 0 fully saturated rings. The van der Waals surface area contributed by atoms with E-state index < -0.39 is 4.92 Å². The van der Waals surface area contributed by atoms with Crippen molar-refractivity contribution in [3.8, 4) is 0 Å². The van der Waals surface area contributed by atoms with Gasteiger partial charge in [0.25, 0.3) is 5.69 Å². The van der Waals surface area contributed by atoms with Crippen LogP contribution in [0.5, 0.6) is 0 Å². The van der Waals surface area contributed by atoms with Gasteiger partial charge in [0.2, 0.25) is 0 Å². The molecule has 66 valence electrons. The summed E-state index contributed by atoms with van der Waals surface area (Å²) in [6.07, 6.45) is 0. The molecule has 1 heterocycles. The molecule has 1 aromatic carbocycles. The van der Waals surface area contributed by atoms with Crippen LogP contribution >= 0.6 is 27.7 Å². The van der Waals surface area contributed by atoms with Crippen molar-refractivity contribution in [2.45, 2.75) is 0 Å². The van der Waals surface area contributed by atoms with Crippen molar-refractivity contribution in [3.05, 3.63) is 26.7 Å². The van der Waals surface area contributed by atoms with Gasteiger partial charge in [0.1, 0.15) is 11.0 Å². The van der Waals surface area contributed by atoms with E-state index in [0.717, 1.165) is 11.7 Å². The zero-order valence-electron chi connectivity index (χ0n) is 6.10. The number of hydrogen-bond donors (Lipinski definition) is 0. The predicted octanol–water partition coefficient (Wildman–Crippen LogP) is 2.36. The molecule has 0 amide bonds. The van der Waals surface area contributed by atoms with E-state index in [1.807, 2.05) is 0 Å². The predicted molar refractivity (Wildman–Crippen MR) is 51.8 cm³/mol. The number of hydrogen-bond acceptors (Lipinski definition) is 5. The summed E-state index contributed by atoms with van der Waals surface area (Å²) in [5.74, 6) is 0. The van der Waals surface area contributed by atoms with Gasteiger partial charge in [0.15, 0.2) is 0 Å². The van der Waals surface area contributed by atoms with E-state index in [9.17, 15) is 10.1 Å². The van der Waals surface area contributed by atoms with Crippen molar-refractivity contribution in [1.29, 1.82) is 0 Å². The maximum Gasteiger partial charge on any atom is 0.285 e. The minimum atomic E-state index is -0.455. The third-order valence-corrected chi connectivity index (χ3v) is 2.71. The van der Waals surface area contributed by atoms with Crippen molar-refractivity contribution in [2.75, 3.05) is 0 Å². The van der Waals surface area contributed by atoms with Crippen LogP contribution < -0.4 is 0 Å². The smallest absolute Gasteiger partial charge is 0.258 e. The molecule has 2 rings (SSSR count). The summed E-state index contributed by atoms with van der Waals surface area (Å²) >= 11 is 4.14. The molecular weight excluding hydrogens is 258 g/mol. The monoisotopic (exact) mass is 259 g/mol. The second kappa shape index (κ2) is 3.00. The van der Waals surface area contributed by atoms with Crippen LogP contribution in [0.1, 0.15) is 0 Å². The summed E-state index contributed by atoms with van der Waals surface area (Å²) in [6, 6.07) is 3.00. The van der Waals surface area contributed by atoms with Crippen molar-refractivity contribution >= 4 is 44.4 Å². The fourth-order valence-corrected chi connectivity index (χ4v) is 1.92. The highest BCUT2D eigenvalue weighted by Gasteiger charge is 2.14. The van der Waals surface area contributed by atoms with Crippen molar-refractivity contribution in [3.63, 3.8) is 0 Å². The Balaban J connectivity index is 2.76. The molecule has 7 heteroatoms. The third kappa shape index (κ3) is 1.40. The first kappa shape index (κ1) is 8.52. The Morgan fingerprint density at radius 2 is 2.00 bits per heavy atom. The highest BCUT2D eigenvalue weighted by Crippen LogP contribution is 2.28. The lowest BCUT2D eigenvalue weighted by molar-refractivity contribution is -0.385. The largest absolute Gasteiger partial charge is 0.285 e. The van der Waals surface area contributed by atoms with E-state index in [1.165, 1.54) is 6.07 Å². The van der Waals surface area contributed by atoms with Crippen LogP contribution in [0.2, 0.25) is 0 Å². The van der Waals surface area contributed by atoms with E-state index in [4.69, 9.17) is 0 Å². The zero-order valence-corrected chi connectivity index (χ0v) is 8.50. The maximum atomic E-state index is 10.5. The van der Waals surface area contributed by atoms with Crippen LogP contribution in [0.25, 0.3) is 11.0 Å². The number of aromatic nitrogens is 2. The van der Waals surface area contributed by atoms with Gasteiger partial charge in [0.05, 0.1) is 21.1 Å². The number of fused-ring (bicyclic) bond motifs is 1.